The number of benzene rings is 2. The van der Waals surface area contributed by atoms with Crippen LogP contribution in [-0.2, 0) is 14.3 Å². The highest BCUT2D eigenvalue weighted by atomic mass is 16.6. The number of carboxylic acid groups (broad SMARTS) is 1. The standard InChI is InChI=1S/C25H28N2O6/c1-25(2,3)33-23(30)26-15-12-21(22(28)29)27(13-15)24(31)32-14-20-18-10-6-4-8-16(18)17-9-5-7-11-19(17)20/h4-11,15,20-21H,12-14H2,1-3H3,(H,26,30)(H,28,29)/t15?,21-/m0/s1. The fraction of sp³-hybridized carbons (Fsp3) is 0.400. The zero-order chi connectivity index (χ0) is 23.8. The molecule has 0 bridgehead atoms. The molecule has 1 aliphatic carbocycles. The molecule has 0 saturated carbocycles. The minimum atomic E-state index is -1.14. The van der Waals surface area contributed by atoms with E-state index in [0.717, 1.165) is 27.2 Å². The van der Waals surface area contributed by atoms with Crippen molar-refractivity contribution in [2.75, 3.05) is 13.2 Å². The molecule has 174 valence electrons. The van der Waals surface area contributed by atoms with Crippen molar-refractivity contribution in [2.24, 2.45) is 0 Å². The molecule has 2 aliphatic rings. The van der Waals surface area contributed by atoms with Crippen molar-refractivity contribution in [3.63, 3.8) is 0 Å². The van der Waals surface area contributed by atoms with Crippen molar-refractivity contribution >= 4 is 18.2 Å². The van der Waals surface area contributed by atoms with Crippen molar-refractivity contribution in [3.8, 4) is 11.1 Å². The highest BCUT2D eigenvalue weighted by Crippen LogP contribution is 2.44. The van der Waals surface area contributed by atoms with Crippen LogP contribution in [0.3, 0.4) is 0 Å². The minimum absolute atomic E-state index is 0.0346. The second-order valence-corrected chi connectivity index (χ2v) is 9.39. The molecule has 2 amide bonds. The number of likely N-dealkylation sites (tertiary alicyclic amines) is 1. The molecule has 2 aromatic rings. The van der Waals surface area contributed by atoms with E-state index >= 15 is 0 Å². The molecule has 1 aliphatic heterocycles. The topological polar surface area (TPSA) is 105 Å². The number of ether oxygens (including phenoxy) is 2. The summed E-state index contributed by atoms with van der Waals surface area (Å²) in [5, 5.41) is 12.3. The Morgan fingerprint density at radius 2 is 1.61 bits per heavy atom. The van der Waals surface area contributed by atoms with E-state index in [1.807, 2.05) is 48.5 Å². The predicted molar refractivity (Wildman–Crippen MR) is 121 cm³/mol. The van der Waals surface area contributed by atoms with Gasteiger partial charge in [0.2, 0.25) is 0 Å². The van der Waals surface area contributed by atoms with Crippen molar-refractivity contribution in [1.29, 1.82) is 0 Å². The van der Waals surface area contributed by atoms with E-state index in [1.165, 1.54) is 0 Å². The van der Waals surface area contributed by atoms with Gasteiger partial charge in [-0.3, -0.25) is 4.90 Å². The summed E-state index contributed by atoms with van der Waals surface area (Å²) in [5.41, 5.74) is 3.70. The number of carboxylic acids is 1. The zero-order valence-corrected chi connectivity index (χ0v) is 18.9. The fourth-order valence-electron chi connectivity index (χ4n) is 4.53. The van der Waals surface area contributed by atoms with Gasteiger partial charge in [0.1, 0.15) is 18.2 Å². The molecule has 0 aromatic heterocycles. The Balaban J connectivity index is 1.43. The van der Waals surface area contributed by atoms with E-state index < -0.39 is 35.8 Å². The van der Waals surface area contributed by atoms with Crippen LogP contribution in [0, 0.1) is 0 Å². The smallest absolute Gasteiger partial charge is 0.410 e. The van der Waals surface area contributed by atoms with Crippen LogP contribution in [0.1, 0.15) is 44.2 Å². The largest absolute Gasteiger partial charge is 0.480 e. The number of carbonyl (C=O) groups excluding carboxylic acids is 2. The Bertz CT molecular complexity index is 1030. The van der Waals surface area contributed by atoms with Gasteiger partial charge in [-0.25, -0.2) is 14.4 Å². The Kier molecular flexibility index (Phi) is 6.01. The monoisotopic (exact) mass is 452 g/mol. The Morgan fingerprint density at radius 3 is 2.15 bits per heavy atom. The van der Waals surface area contributed by atoms with Crippen LogP contribution < -0.4 is 5.32 Å². The van der Waals surface area contributed by atoms with Gasteiger partial charge in [0.15, 0.2) is 0 Å². The Hall–Kier alpha value is -3.55. The molecule has 8 heteroatoms. The molecule has 1 fully saturated rings. The normalized spacial score (nSPS) is 19.5. The molecule has 8 nitrogen and oxygen atoms in total. The first kappa shape index (κ1) is 22.6. The van der Waals surface area contributed by atoms with E-state index in [4.69, 9.17) is 9.47 Å². The number of alkyl carbamates (subject to hydrolysis) is 1. The molecule has 0 spiro atoms. The van der Waals surface area contributed by atoms with Crippen LogP contribution in [0.25, 0.3) is 11.1 Å². The second kappa shape index (κ2) is 8.77. The number of nitrogens with one attached hydrogen (secondary N) is 1. The number of hydrogen-bond donors (Lipinski definition) is 2. The highest BCUT2D eigenvalue weighted by Gasteiger charge is 2.42. The van der Waals surface area contributed by atoms with Gasteiger partial charge in [0.25, 0.3) is 0 Å². The third-order valence-electron chi connectivity index (χ3n) is 5.88. The average Bonchev–Trinajstić information content (AvgIpc) is 3.30. The lowest BCUT2D eigenvalue weighted by Gasteiger charge is -2.23. The molecular formula is C25H28N2O6. The summed E-state index contributed by atoms with van der Waals surface area (Å²) in [6.07, 6.45) is -1.28. The third-order valence-corrected chi connectivity index (χ3v) is 5.88. The van der Waals surface area contributed by atoms with Gasteiger partial charge in [-0.05, 0) is 43.0 Å². The maximum Gasteiger partial charge on any atom is 0.410 e. The van der Waals surface area contributed by atoms with Crippen molar-refractivity contribution in [2.45, 2.75) is 50.8 Å². The molecule has 33 heavy (non-hydrogen) atoms. The number of aliphatic carboxylic acids is 1. The van der Waals surface area contributed by atoms with Crippen LogP contribution in [0.4, 0.5) is 9.59 Å². The molecule has 2 atom stereocenters. The SMILES string of the molecule is CC(C)(C)OC(=O)NC1C[C@@H](C(=O)O)N(C(=O)OCC2c3ccccc3-c3ccccc32)C1. The summed E-state index contributed by atoms with van der Waals surface area (Å²) < 4.78 is 10.9. The number of nitrogens with zero attached hydrogens (tertiary/aromatic N) is 1. The number of carbonyl (C=O) groups is 3. The minimum Gasteiger partial charge on any atom is -0.480 e. The molecule has 2 aromatic carbocycles. The molecule has 4 rings (SSSR count). The maximum atomic E-state index is 12.9. The van der Waals surface area contributed by atoms with Gasteiger partial charge >= 0.3 is 18.2 Å². The van der Waals surface area contributed by atoms with Gasteiger partial charge in [0.05, 0.1) is 6.04 Å². The van der Waals surface area contributed by atoms with Gasteiger partial charge in [-0.1, -0.05) is 48.5 Å². The summed E-state index contributed by atoms with van der Waals surface area (Å²) in [4.78, 5) is 37.9. The number of amides is 2. The van der Waals surface area contributed by atoms with Gasteiger partial charge in [-0.2, -0.15) is 0 Å². The molecule has 2 N–H and O–H groups in total. The van der Waals surface area contributed by atoms with Crippen molar-refractivity contribution in [3.05, 3.63) is 59.7 Å². The van der Waals surface area contributed by atoms with Crippen molar-refractivity contribution < 1.29 is 29.0 Å². The summed E-state index contributed by atoms with van der Waals surface area (Å²) in [5.74, 6) is -1.26. The molecule has 1 unspecified atom stereocenters. The quantitative estimate of drug-likeness (QED) is 0.727. The average molecular weight is 453 g/mol. The van der Waals surface area contributed by atoms with E-state index in [1.54, 1.807) is 20.8 Å². The van der Waals surface area contributed by atoms with Crippen LogP contribution in [0.2, 0.25) is 0 Å². The lowest BCUT2D eigenvalue weighted by molar-refractivity contribution is -0.141. The Labute approximate surface area is 192 Å². The van der Waals surface area contributed by atoms with Crippen LogP contribution in [-0.4, -0.2) is 59.0 Å². The summed E-state index contributed by atoms with van der Waals surface area (Å²) in [7, 11) is 0. The van der Waals surface area contributed by atoms with Crippen molar-refractivity contribution in [1.82, 2.24) is 10.2 Å². The predicted octanol–water partition coefficient (Wildman–Crippen LogP) is 3.99. The molecule has 1 heterocycles. The van der Waals surface area contributed by atoms with Crippen LogP contribution >= 0.6 is 0 Å². The fourth-order valence-corrected chi connectivity index (χ4v) is 4.53. The number of fused-ring (bicyclic) bond motifs is 3. The number of hydrogen-bond acceptors (Lipinski definition) is 5. The second-order valence-electron chi connectivity index (χ2n) is 9.39. The van der Waals surface area contributed by atoms with Gasteiger partial charge in [0, 0.05) is 18.9 Å². The molecule has 0 radical (unpaired) electrons. The summed E-state index contributed by atoms with van der Waals surface area (Å²) >= 11 is 0. The van der Waals surface area contributed by atoms with E-state index in [0.29, 0.717) is 0 Å². The van der Waals surface area contributed by atoms with E-state index in [9.17, 15) is 19.5 Å². The first-order valence-corrected chi connectivity index (χ1v) is 11.0. The highest BCUT2D eigenvalue weighted by molar-refractivity contribution is 5.82. The number of rotatable bonds is 4. The first-order valence-electron chi connectivity index (χ1n) is 11.0. The molecular weight excluding hydrogens is 424 g/mol. The summed E-state index contributed by atoms with van der Waals surface area (Å²) in [6.45, 7) is 5.35. The Morgan fingerprint density at radius 1 is 1.03 bits per heavy atom. The maximum absolute atomic E-state index is 12.9. The lowest BCUT2D eigenvalue weighted by atomic mass is 9.98. The summed E-state index contributed by atoms with van der Waals surface area (Å²) in [6, 6.07) is 14.4. The van der Waals surface area contributed by atoms with Gasteiger partial charge < -0.3 is 19.9 Å². The molecule has 1 saturated heterocycles. The lowest BCUT2D eigenvalue weighted by Crippen LogP contribution is -2.43. The van der Waals surface area contributed by atoms with Gasteiger partial charge in [-0.15, -0.1) is 0 Å². The van der Waals surface area contributed by atoms with E-state index in [-0.39, 0.29) is 25.5 Å². The van der Waals surface area contributed by atoms with Crippen LogP contribution in [0.15, 0.2) is 48.5 Å². The van der Waals surface area contributed by atoms with Crippen LogP contribution in [0.5, 0.6) is 0 Å². The third kappa shape index (κ3) is 4.79. The zero-order valence-electron chi connectivity index (χ0n) is 18.9. The van der Waals surface area contributed by atoms with E-state index in [2.05, 4.69) is 5.32 Å². The first-order chi connectivity index (χ1) is 15.6.